The third kappa shape index (κ3) is 16.0. The van der Waals surface area contributed by atoms with Gasteiger partial charge in [0, 0.05) is 71.9 Å². The van der Waals surface area contributed by atoms with Gasteiger partial charge in [0.15, 0.2) is 14.6 Å². The number of piperidine rings is 1. The van der Waals surface area contributed by atoms with E-state index in [-0.39, 0.29) is 68.3 Å². The summed E-state index contributed by atoms with van der Waals surface area (Å²) in [6, 6.07) is 13.7. The summed E-state index contributed by atoms with van der Waals surface area (Å²) in [4.78, 5) is 87.5. The van der Waals surface area contributed by atoms with Crippen LogP contribution in [0.4, 0.5) is 0 Å². The Bertz CT molecular complexity index is 1910. The van der Waals surface area contributed by atoms with Crippen LogP contribution in [0.1, 0.15) is 44.9 Å². The number of amides is 2. The van der Waals surface area contributed by atoms with E-state index in [9.17, 15) is 47.8 Å². The summed E-state index contributed by atoms with van der Waals surface area (Å²) in [7, 11) is -2.38. The van der Waals surface area contributed by atoms with E-state index in [1.807, 2.05) is 18.0 Å². The Labute approximate surface area is 361 Å². The SMILES string of the molecule is CN1CCN(CC(=O)O)CCN(CC(=O)O)CCN(CC(=O)CCCCC[C@H](N)C(=O)N2CCC(C(=O)NO)(S(=O)(=O)c3ccc(Oc4ccccc4)cc3)CC2)CC1.O=C=O. The molecular weight excluding hydrogens is 831 g/mol. The molecule has 6 N–H and O–H groups in total. The number of nitrogens with zero attached hydrogens (tertiary/aromatic N) is 5. The van der Waals surface area contributed by atoms with Crippen molar-refractivity contribution in [2.75, 3.05) is 92.1 Å². The number of para-hydroxylation sites is 1. The van der Waals surface area contributed by atoms with Gasteiger partial charge >= 0.3 is 18.1 Å². The van der Waals surface area contributed by atoms with Gasteiger partial charge in [0.2, 0.25) is 5.91 Å². The van der Waals surface area contributed by atoms with Gasteiger partial charge in [0.05, 0.1) is 30.6 Å². The molecule has 21 heteroatoms. The van der Waals surface area contributed by atoms with Crippen molar-refractivity contribution in [2.24, 2.45) is 5.73 Å². The van der Waals surface area contributed by atoms with Crippen molar-refractivity contribution >= 4 is 45.5 Å². The topological polar surface area (TPSA) is 278 Å². The Morgan fingerprint density at radius 2 is 1.23 bits per heavy atom. The minimum Gasteiger partial charge on any atom is -0.480 e. The maximum absolute atomic E-state index is 13.9. The molecule has 0 unspecified atom stereocenters. The predicted octanol–water partition coefficient (Wildman–Crippen LogP) is 0.403. The lowest BCUT2D eigenvalue weighted by Crippen LogP contribution is -2.59. The third-order valence-corrected chi connectivity index (χ3v) is 13.5. The van der Waals surface area contributed by atoms with Crippen LogP contribution in [-0.4, -0.2) is 187 Å². The smallest absolute Gasteiger partial charge is 0.373 e. The van der Waals surface area contributed by atoms with Crippen molar-refractivity contribution in [2.45, 2.75) is 60.6 Å². The number of carbonyl (C=O) groups is 5. The summed E-state index contributed by atoms with van der Waals surface area (Å²) < 4.78 is 31.6. The molecule has 0 spiro atoms. The van der Waals surface area contributed by atoms with Crippen molar-refractivity contribution in [3.8, 4) is 11.5 Å². The number of nitrogens with two attached hydrogens (primary N) is 1. The van der Waals surface area contributed by atoms with Crippen LogP contribution < -0.4 is 16.0 Å². The summed E-state index contributed by atoms with van der Waals surface area (Å²) in [5.74, 6) is -2.35. The number of ether oxygens (including phenoxy) is 1. The molecule has 2 aromatic carbocycles. The number of Topliss-reactive ketones (excluding diaryl/α,β-unsaturated/α-hetero) is 1. The van der Waals surface area contributed by atoms with E-state index < -0.39 is 38.5 Å². The van der Waals surface area contributed by atoms with Gasteiger partial charge in [-0.2, -0.15) is 9.59 Å². The van der Waals surface area contributed by atoms with Gasteiger partial charge in [-0.05, 0) is 69.1 Å². The summed E-state index contributed by atoms with van der Waals surface area (Å²) in [5, 5.41) is 28.3. The lowest BCUT2D eigenvalue weighted by molar-refractivity contribution is -0.191. The number of likely N-dealkylation sites (tertiary alicyclic amines) is 1. The minimum absolute atomic E-state index is 0.0488. The van der Waals surface area contributed by atoms with Gasteiger partial charge in [0.1, 0.15) is 17.3 Å². The van der Waals surface area contributed by atoms with E-state index >= 15 is 0 Å². The molecule has 2 aliphatic rings. The van der Waals surface area contributed by atoms with Crippen LogP contribution >= 0.6 is 0 Å². The van der Waals surface area contributed by atoms with Crippen molar-refractivity contribution in [3.05, 3.63) is 54.6 Å². The number of ketones is 1. The van der Waals surface area contributed by atoms with Crippen molar-refractivity contribution < 1.29 is 62.1 Å². The lowest BCUT2D eigenvalue weighted by atomic mass is 9.94. The standard InChI is InChI=1S/C40H59N7O11S.CO2/c1-43-20-22-44(24-25-46(30-37(51)52)27-26-45(23-21-43)29-36(49)50)28-31(48)8-4-2-7-11-35(41)38(53)47-18-16-40(17-19-47,39(54)42-55)59(56,57)34-14-12-33(13-15-34)58-32-9-5-3-6-10-32;2-1-3/h3,5-6,9-10,12-15,35,55H,2,4,7-8,11,16-30,41H2,1H3,(H,42,54)(H,49,50)(H,51,52);/t35-;/m0./s1. The first-order valence-electron chi connectivity index (χ1n) is 20.4. The molecule has 4 rings (SSSR count). The second-order valence-corrected chi connectivity index (χ2v) is 17.7. The highest BCUT2D eigenvalue weighted by atomic mass is 32.2. The normalized spacial score (nSPS) is 17.8. The minimum atomic E-state index is -4.33. The number of rotatable bonds is 18. The molecule has 2 aromatic rings. The Kier molecular flexibility index (Phi) is 21.3. The predicted molar refractivity (Wildman–Crippen MR) is 222 cm³/mol. The molecule has 2 heterocycles. The molecule has 1 atom stereocenters. The molecule has 0 bridgehead atoms. The number of carboxylic acid groups (broad SMARTS) is 2. The Morgan fingerprint density at radius 3 is 1.73 bits per heavy atom. The molecule has 20 nitrogen and oxygen atoms in total. The van der Waals surface area contributed by atoms with E-state index in [2.05, 4.69) is 4.90 Å². The molecular formula is C41H59N7O13S. The van der Waals surface area contributed by atoms with Crippen LogP contribution in [0.25, 0.3) is 0 Å². The number of nitrogens with one attached hydrogen (secondary N) is 1. The van der Waals surface area contributed by atoms with E-state index in [1.54, 1.807) is 34.1 Å². The first kappa shape index (κ1) is 51.2. The Morgan fingerprint density at radius 1 is 0.742 bits per heavy atom. The summed E-state index contributed by atoms with van der Waals surface area (Å²) in [5.41, 5.74) is 7.80. The number of aliphatic carboxylic acids is 2. The van der Waals surface area contributed by atoms with E-state index in [0.717, 1.165) is 0 Å². The Hall–Kier alpha value is -5.12. The van der Waals surface area contributed by atoms with Crippen molar-refractivity contribution in [1.29, 1.82) is 0 Å². The maximum atomic E-state index is 13.9. The summed E-state index contributed by atoms with van der Waals surface area (Å²) in [6.07, 6.45) is 2.27. The second kappa shape index (κ2) is 25.7. The third-order valence-electron chi connectivity index (χ3n) is 11.0. The number of unbranched alkanes of at least 4 members (excludes halogenated alkanes) is 2. The molecule has 0 radical (unpaired) electrons. The second-order valence-electron chi connectivity index (χ2n) is 15.4. The number of hydrogen-bond donors (Lipinski definition) is 5. The average Bonchev–Trinajstić information content (AvgIpc) is 3.24. The lowest BCUT2D eigenvalue weighted by Gasteiger charge is -2.40. The molecule has 2 amide bonds. The van der Waals surface area contributed by atoms with Crippen LogP contribution in [0.3, 0.4) is 0 Å². The highest BCUT2D eigenvalue weighted by Gasteiger charge is 2.53. The first-order valence-corrected chi connectivity index (χ1v) is 21.9. The molecule has 0 aromatic heterocycles. The van der Waals surface area contributed by atoms with Crippen LogP contribution in [0.15, 0.2) is 59.5 Å². The molecule has 62 heavy (non-hydrogen) atoms. The number of likely N-dealkylation sites (N-methyl/N-ethyl adjacent to an activating group) is 1. The van der Waals surface area contributed by atoms with Gasteiger partial charge in [-0.1, -0.05) is 31.0 Å². The molecule has 2 aliphatic heterocycles. The van der Waals surface area contributed by atoms with Gasteiger partial charge in [-0.15, -0.1) is 0 Å². The molecule has 2 saturated heterocycles. The summed E-state index contributed by atoms with van der Waals surface area (Å²) >= 11 is 0. The highest BCUT2D eigenvalue weighted by molar-refractivity contribution is 7.93. The molecule has 342 valence electrons. The number of hydroxylamine groups is 1. The van der Waals surface area contributed by atoms with Gasteiger partial charge in [-0.3, -0.25) is 43.9 Å². The number of sulfone groups is 1. The molecule has 0 saturated carbocycles. The fourth-order valence-corrected chi connectivity index (χ4v) is 9.34. The number of carbonyl (C=O) groups excluding carboxylic acids is 5. The van der Waals surface area contributed by atoms with Crippen LogP contribution in [0.5, 0.6) is 11.5 Å². The molecule has 0 aliphatic carbocycles. The quantitative estimate of drug-likeness (QED) is 0.0770. The summed E-state index contributed by atoms with van der Waals surface area (Å²) in [6.45, 7) is 3.87. The largest absolute Gasteiger partial charge is 0.480 e. The zero-order valence-corrected chi connectivity index (χ0v) is 35.9. The average molecular weight is 890 g/mol. The fourth-order valence-electron chi connectivity index (χ4n) is 7.39. The maximum Gasteiger partial charge on any atom is 0.373 e. The van der Waals surface area contributed by atoms with Crippen molar-refractivity contribution in [1.82, 2.24) is 30.0 Å². The van der Waals surface area contributed by atoms with Gasteiger partial charge < -0.3 is 30.5 Å². The van der Waals surface area contributed by atoms with Gasteiger partial charge in [-0.25, -0.2) is 13.9 Å². The number of carboxylic acids is 2. The fraction of sp³-hybridized carbons (Fsp3) is 0.561. The highest BCUT2D eigenvalue weighted by Crippen LogP contribution is 2.37. The van der Waals surface area contributed by atoms with Gasteiger partial charge in [0.25, 0.3) is 5.91 Å². The Balaban J connectivity index is 0.00000331. The zero-order valence-electron chi connectivity index (χ0n) is 35.1. The van der Waals surface area contributed by atoms with Crippen LogP contribution in [0.2, 0.25) is 0 Å². The molecule has 2 fully saturated rings. The number of hydrogen-bond acceptors (Lipinski definition) is 16. The van der Waals surface area contributed by atoms with Crippen LogP contribution in [0, 0.1) is 0 Å². The monoisotopic (exact) mass is 889 g/mol. The first-order chi connectivity index (χ1) is 29.5. The van der Waals surface area contributed by atoms with E-state index in [4.69, 9.17) is 20.1 Å². The number of benzene rings is 2. The van der Waals surface area contributed by atoms with E-state index in [0.29, 0.717) is 96.0 Å². The van der Waals surface area contributed by atoms with Crippen LogP contribution in [-0.2, 0) is 43.4 Å². The van der Waals surface area contributed by atoms with Crippen molar-refractivity contribution in [3.63, 3.8) is 0 Å². The zero-order chi connectivity index (χ0) is 45.7. The van der Waals surface area contributed by atoms with E-state index in [1.165, 1.54) is 34.6 Å².